The van der Waals surface area contributed by atoms with E-state index in [1.54, 1.807) is 19.1 Å². The highest BCUT2D eigenvalue weighted by Crippen LogP contribution is 2.35. The van der Waals surface area contributed by atoms with Gasteiger partial charge in [-0.05, 0) is 31.9 Å². The summed E-state index contributed by atoms with van der Waals surface area (Å²) in [6, 6.07) is 3.31. The van der Waals surface area contributed by atoms with Crippen molar-refractivity contribution in [3.05, 3.63) is 30.4 Å². The lowest BCUT2D eigenvalue weighted by Crippen LogP contribution is -2.20. The molecule has 0 aliphatic rings. The largest absolute Gasteiger partial charge is 0.507 e. The van der Waals surface area contributed by atoms with Crippen LogP contribution >= 0.6 is 0 Å². The number of nitrogens with zero attached hydrogens (tertiary/aromatic N) is 3. The summed E-state index contributed by atoms with van der Waals surface area (Å²) in [5.74, 6) is 0.382. The number of phenolic OH excluding ortho intramolecular Hbond substituents is 1. The number of hydrogen-bond donors (Lipinski definition) is 1. The fraction of sp³-hybridized carbons (Fsp3) is 0.444. The molecule has 0 bridgehead atoms. The van der Waals surface area contributed by atoms with Crippen LogP contribution in [0.3, 0.4) is 0 Å². The van der Waals surface area contributed by atoms with Crippen LogP contribution in [0.4, 0.5) is 0 Å². The van der Waals surface area contributed by atoms with Crippen LogP contribution in [0.15, 0.2) is 24.8 Å². The number of unbranched alkanes of at least 4 members (excludes halogenated alkanes) is 1. The van der Waals surface area contributed by atoms with E-state index in [1.165, 1.54) is 12.7 Å². The maximum Gasteiger partial charge on any atom is 0.314 e. The second-order valence-electron chi connectivity index (χ2n) is 5.72. The second-order valence-corrected chi connectivity index (χ2v) is 5.72. The minimum absolute atomic E-state index is 0.00751. The molecule has 1 N–H and O–H groups in total. The fourth-order valence-corrected chi connectivity index (χ4v) is 2.48. The van der Waals surface area contributed by atoms with E-state index in [4.69, 9.17) is 4.74 Å². The molecule has 0 spiro atoms. The first-order valence-corrected chi connectivity index (χ1v) is 8.25. The summed E-state index contributed by atoms with van der Waals surface area (Å²) in [5.41, 5.74) is 0.972. The average molecular weight is 329 g/mol. The van der Waals surface area contributed by atoms with Crippen LogP contribution in [0, 0.1) is 12.8 Å². The van der Waals surface area contributed by atoms with Gasteiger partial charge in [0, 0.05) is 5.56 Å². The van der Waals surface area contributed by atoms with E-state index >= 15 is 0 Å². The zero-order valence-corrected chi connectivity index (χ0v) is 14.3. The second kappa shape index (κ2) is 8.38. The lowest BCUT2D eigenvalue weighted by atomic mass is 9.99. The Morgan fingerprint density at radius 2 is 1.96 bits per heavy atom. The molecule has 1 aromatic carbocycles. The number of esters is 1. The molecular formula is C18H23N3O3. The predicted molar refractivity (Wildman–Crippen MR) is 90.6 cm³/mol. The van der Waals surface area contributed by atoms with Gasteiger partial charge < -0.3 is 9.84 Å². The summed E-state index contributed by atoms with van der Waals surface area (Å²) in [6.45, 7) is 5.78. The first-order valence-electron chi connectivity index (χ1n) is 8.25. The number of carbonyl (C=O) groups excluding carboxylic acids is 1. The van der Waals surface area contributed by atoms with Crippen molar-refractivity contribution in [2.45, 2.75) is 46.5 Å². The summed E-state index contributed by atoms with van der Waals surface area (Å²) in [5, 5.41) is 10.4. The molecule has 1 heterocycles. The molecular weight excluding hydrogens is 306 g/mol. The van der Waals surface area contributed by atoms with Crippen LogP contribution in [0.2, 0.25) is 0 Å². The smallest absolute Gasteiger partial charge is 0.314 e. The van der Waals surface area contributed by atoms with Crippen molar-refractivity contribution in [3.63, 3.8) is 0 Å². The van der Waals surface area contributed by atoms with Crippen molar-refractivity contribution in [1.82, 2.24) is 15.0 Å². The number of aromatic hydroxyl groups is 1. The SMILES string of the molecule is CCCCC(CC)C(=O)Oc1ccc(-c2ncncn2)c(O)c1C. The third-order valence-corrected chi connectivity index (χ3v) is 4.06. The Labute approximate surface area is 142 Å². The lowest BCUT2D eigenvalue weighted by molar-refractivity contribution is -0.139. The van der Waals surface area contributed by atoms with Crippen molar-refractivity contribution in [2.75, 3.05) is 0 Å². The molecule has 6 nitrogen and oxygen atoms in total. The van der Waals surface area contributed by atoms with Crippen LogP contribution in [0.5, 0.6) is 11.5 Å². The Morgan fingerprint density at radius 1 is 1.25 bits per heavy atom. The highest BCUT2D eigenvalue weighted by atomic mass is 16.5. The molecule has 2 rings (SSSR count). The third-order valence-electron chi connectivity index (χ3n) is 4.06. The van der Waals surface area contributed by atoms with E-state index in [0.717, 1.165) is 25.7 Å². The van der Waals surface area contributed by atoms with Crippen molar-refractivity contribution in [3.8, 4) is 22.9 Å². The molecule has 0 radical (unpaired) electrons. The maximum atomic E-state index is 12.3. The molecule has 0 fully saturated rings. The van der Waals surface area contributed by atoms with Gasteiger partial charge in [0.15, 0.2) is 5.82 Å². The number of rotatable bonds is 7. The van der Waals surface area contributed by atoms with E-state index < -0.39 is 0 Å². The van der Waals surface area contributed by atoms with Gasteiger partial charge in [-0.25, -0.2) is 15.0 Å². The first-order chi connectivity index (χ1) is 11.6. The third kappa shape index (κ3) is 4.07. The van der Waals surface area contributed by atoms with Gasteiger partial charge in [0.05, 0.1) is 11.5 Å². The monoisotopic (exact) mass is 329 g/mol. The van der Waals surface area contributed by atoms with Crippen LogP contribution in [-0.4, -0.2) is 26.0 Å². The van der Waals surface area contributed by atoms with E-state index in [1.807, 2.05) is 6.92 Å². The zero-order valence-electron chi connectivity index (χ0n) is 14.3. The van der Waals surface area contributed by atoms with Crippen LogP contribution < -0.4 is 4.74 Å². The summed E-state index contributed by atoms with van der Waals surface area (Å²) >= 11 is 0. The van der Waals surface area contributed by atoms with E-state index in [2.05, 4.69) is 21.9 Å². The van der Waals surface area contributed by atoms with E-state index in [9.17, 15) is 9.90 Å². The van der Waals surface area contributed by atoms with Crippen molar-refractivity contribution in [1.29, 1.82) is 0 Å². The Kier molecular flexibility index (Phi) is 6.23. The Hall–Kier alpha value is -2.50. The van der Waals surface area contributed by atoms with E-state index in [-0.39, 0.29) is 17.6 Å². The van der Waals surface area contributed by atoms with E-state index in [0.29, 0.717) is 22.7 Å². The van der Waals surface area contributed by atoms with Crippen molar-refractivity contribution < 1.29 is 14.6 Å². The van der Waals surface area contributed by atoms with Crippen LogP contribution in [-0.2, 0) is 4.79 Å². The molecule has 0 aliphatic carbocycles. The summed E-state index contributed by atoms with van der Waals surface area (Å²) in [7, 11) is 0. The van der Waals surface area contributed by atoms with Gasteiger partial charge in [-0.2, -0.15) is 0 Å². The molecule has 128 valence electrons. The summed E-state index contributed by atoms with van der Waals surface area (Å²) in [6.07, 6.45) is 6.34. The van der Waals surface area contributed by atoms with Gasteiger partial charge >= 0.3 is 5.97 Å². The van der Waals surface area contributed by atoms with Crippen molar-refractivity contribution in [2.24, 2.45) is 5.92 Å². The number of carbonyl (C=O) groups is 1. The molecule has 0 aliphatic heterocycles. The van der Waals surface area contributed by atoms with Gasteiger partial charge in [-0.15, -0.1) is 0 Å². The summed E-state index contributed by atoms with van der Waals surface area (Å²) in [4.78, 5) is 24.1. The Morgan fingerprint density at radius 3 is 2.58 bits per heavy atom. The molecule has 0 saturated heterocycles. The van der Waals surface area contributed by atoms with Gasteiger partial charge in [-0.3, -0.25) is 4.79 Å². The van der Waals surface area contributed by atoms with Gasteiger partial charge in [-0.1, -0.05) is 26.7 Å². The van der Waals surface area contributed by atoms with Crippen LogP contribution in [0.1, 0.15) is 45.1 Å². The molecule has 1 unspecified atom stereocenters. The number of ether oxygens (including phenoxy) is 1. The number of benzene rings is 1. The number of phenols is 1. The quantitative estimate of drug-likeness (QED) is 0.616. The molecule has 1 aromatic heterocycles. The van der Waals surface area contributed by atoms with Crippen molar-refractivity contribution >= 4 is 5.97 Å². The Balaban J connectivity index is 2.20. The highest BCUT2D eigenvalue weighted by Gasteiger charge is 2.21. The van der Waals surface area contributed by atoms with Gasteiger partial charge in [0.25, 0.3) is 0 Å². The maximum absolute atomic E-state index is 12.3. The number of aromatic nitrogens is 3. The molecule has 6 heteroatoms. The molecule has 1 atom stereocenters. The zero-order chi connectivity index (χ0) is 17.5. The predicted octanol–water partition coefficient (Wildman–Crippen LogP) is 3.67. The van der Waals surface area contributed by atoms with Crippen LogP contribution in [0.25, 0.3) is 11.4 Å². The standard InChI is InChI=1S/C18H23N3O3/c1-4-6-7-13(5-2)18(23)24-15-9-8-14(16(22)12(15)3)17-20-10-19-11-21-17/h8-11,13,22H,4-7H2,1-3H3. The minimum Gasteiger partial charge on any atom is -0.507 e. The topological polar surface area (TPSA) is 85.2 Å². The van der Waals surface area contributed by atoms with Gasteiger partial charge in [0.1, 0.15) is 24.2 Å². The molecule has 0 saturated carbocycles. The fourth-order valence-electron chi connectivity index (χ4n) is 2.48. The normalized spacial score (nSPS) is 12.0. The lowest BCUT2D eigenvalue weighted by Gasteiger charge is -2.16. The highest BCUT2D eigenvalue weighted by molar-refractivity contribution is 5.77. The average Bonchev–Trinajstić information content (AvgIpc) is 2.60. The molecule has 2 aromatic rings. The molecule has 0 amide bonds. The summed E-state index contributed by atoms with van der Waals surface area (Å²) < 4.78 is 5.51. The number of hydrogen-bond acceptors (Lipinski definition) is 6. The first kappa shape index (κ1) is 17.8. The molecule has 24 heavy (non-hydrogen) atoms. The van der Waals surface area contributed by atoms with Gasteiger partial charge in [0.2, 0.25) is 0 Å². The Bertz CT molecular complexity index is 689. The minimum atomic E-state index is -0.249.